The minimum Gasteiger partial charge on any atom is -0.489 e. The van der Waals surface area contributed by atoms with Gasteiger partial charge in [-0.3, -0.25) is 0 Å². The van der Waals surface area contributed by atoms with Gasteiger partial charge < -0.3 is 20.5 Å². The van der Waals surface area contributed by atoms with E-state index in [-0.39, 0.29) is 24.8 Å². The normalized spacial score (nSPS) is 12.1. The maximum Gasteiger partial charge on any atom is 0.319 e. The number of hydrogen-bond acceptors (Lipinski definition) is 3. The lowest BCUT2D eigenvalue weighted by molar-refractivity contribution is 0.228. The minimum absolute atomic E-state index is 0.0150. The summed E-state index contributed by atoms with van der Waals surface area (Å²) in [6.07, 6.45) is 0.0150. The van der Waals surface area contributed by atoms with E-state index >= 15 is 0 Å². The second-order valence-corrected chi connectivity index (χ2v) is 5.40. The van der Waals surface area contributed by atoms with Crippen molar-refractivity contribution in [3.63, 3.8) is 0 Å². The van der Waals surface area contributed by atoms with Crippen molar-refractivity contribution in [1.29, 1.82) is 0 Å². The van der Waals surface area contributed by atoms with Crippen molar-refractivity contribution in [2.24, 2.45) is 0 Å². The van der Waals surface area contributed by atoms with Crippen molar-refractivity contribution < 1.29 is 14.6 Å². The van der Waals surface area contributed by atoms with Crippen LogP contribution in [-0.4, -0.2) is 29.9 Å². The third-order valence-electron chi connectivity index (χ3n) is 2.20. The monoisotopic (exact) mass is 330 g/mol. The van der Waals surface area contributed by atoms with Crippen LogP contribution in [0.25, 0.3) is 0 Å². The smallest absolute Gasteiger partial charge is 0.319 e. The zero-order valence-electron chi connectivity index (χ0n) is 11.2. The van der Waals surface area contributed by atoms with E-state index in [2.05, 4.69) is 26.6 Å². The lowest BCUT2D eigenvalue weighted by Gasteiger charge is -2.17. The number of aliphatic hydroxyl groups is 1. The molecule has 0 spiro atoms. The zero-order chi connectivity index (χ0) is 14.4. The molecule has 0 saturated heterocycles. The molecule has 0 fully saturated rings. The van der Waals surface area contributed by atoms with E-state index in [0.29, 0.717) is 11.4 Å². The molecule has 106 valence electrons. The number of benzene rings is 1. The Morgan fingerprint density at radius 3 is 2.68 bits per heavy atom. The van der Waals surface area contributed by atoms with Crippen LogP contribution in [0, 0.1) is 0 Å². The Morgan fingerprint density at radius 2 is 2.11 bits per heavy atom. The Bertz CT molecular complexity index is 438. The number of aliphatic hydroxyl groups excluding tert-OH is 1. The predicted molar refractivity (Wildman–Crippen MR) is 78.6 cm³/mol. The largest absolute Gasteiger partial charge is 0.489 e. The van der Waals surface area contributed by atoms with Crippen LogP contribution in [0.4, 0.5) is 10.5 Å². The lowest BCUT2D eigenvalue weighted by Crippen LogP contribution is -2.38. The first-order valence-electron chi connectivity index (χ1n) is 6.07. The summed E-state index contributed by atoms with van der Waals surface area (Å²) in [6, 6.07) is 4.71. The van der Waals surface area contributed by atoms with E-state index in [9.17, 15) is 4.79 Å². The molecule has 1 atom stereocenters. The van der Waals surface area contributed by atoms with Gasteiger partial charge >= 0.3 is 6.03 Å². The molecule has 0 radical (unpaired) electrons. The van der Waals surface area contributed by atoms with Gasteiger partial charge in [0.05, 0.1) is 24.4 Å². The van der Waals surface area contributed by atoms with Gasteiger partial charge in [0.25, 0.3) is 0 Å². The fraction of sp³-hybridized carbons (Fsp3) is 0.462. The number of amides is 2. The van der Waals surface area contributed by atoms with Crippen LogP contribution in [0.2, 0.25) is 0 Å². The SMILES string of the molecule is CC(C)Oc1ccc(Br)cc1NC(=O)N[C@@H](C)CO. The number of carbonyl (C=O) groups is 1. The number of anilines is 1. The van der Waals surface area contributed by atoms with Crippen LogP contribution in [0.15, 0.2) is 22.7 Å². The van der Waals surface area contributed by atoms with Crippen molar-refractivity contribution in [3.05, 3.63) is 22.7 Å². The first-order chi connectivity index (χ1) is 8.92. The Kier molecular flexibility index (Phi) is 6.11. The average Bonchev–Trinajstić information content (AvgIpc) is 2.31. The molecule has 0 unspecified atom stereocenters. The quantitative estimate of drug-likeness (QED) is 0.777. The molecule has 1 rings (SSSR count). The highest BCUT2D eigenvalue weighted by Gasteiger charge is 2.11. The lowest BCUT2D eigenvalue weighted by atomic mass is 10.3. The third-order valence-corrected chi connectivity index (χ3v) is 2.70. The highest BCUT2D eigenvalue weighted by atomic mass is 79.9. The summed E-state index contributed by atoms with van der Waals surface area (Å²) >= 11 is 3.35. The van der Waals surface area contributed by atoms with Gasteiger partial charge in [0.2, 0.25) is 0 Å². The molecule has 5 nitrogen and oxygen atoms in total. The fourth-order valence-electron chi connectivity index (χ4n) is 1.38. The number of ether oxygens (including phenoxy) is 1. The maximum atomic E-state index is 11.7. The van der Waals surface area contributed by atoms with E-state index in [1.165, 1.54) is 0 Å². The molecule has 19 heavy (non-hydrogen) atoms. The second kappa shape index (κ2) is 7.35. The molecule has 0 bridgehead atoms. The highest BCUT2D eigenvalue weighted by Crippen LogP contribution is 2.29. The van der Waals surface area contributed by atoms with Gasteiger partial charge in [-0.05, 0) is 39.0 Å². The minimum atomic E-state index is -0.381. The molecule has 0 heterocycles. The van der Waals surface area contributed by atoms with Gasteiger partial charge in [-0.25, -0.2) is 4.79 Å². The van der Waals surface area contributed by atoms with Crippen molar-refractivity contribution in [2.75, 3.05) is 11.9 Å². The molecule has 0 aromatic heterocycles. The fourth-order valence-corrected chi connectivity index (χ4v) is 1.75. The van der Waals surface area contributed by atoms with Gasteiger partial charge in [0.1, 0.15) is 5.75 Å². The van der Waals surface area contributed by atoms with Crippen molar-refractivity contribution >= 4 is 27.6 Å². The van der Waals surface area contributed by atoms with E-state index < -0.39 is 0 Å². The first-order valence-corrected chi connectivity index (χ1v) is 6.86. The maximum absolute atomic E-state index is 11.7. The Morgan fingerprint density at radius 1 is 1.42 bits per heavy atom. The number of hydrogen-bond donors (Lipinski definition) is 3. The van der Waals surface area contributed by atoms with Crippen LogP contribution >= 0.6 is 15.9 Å². The molecule has 0 aliphatic rings. The van der Waals surface area contributed by atoms with Crippen LogP contribution < -0.4 is 15.4 Å². The summed E-state index contributed by atoms with van der Waals surface area (Å²) in [5.41, 5.74) is 0.575. The molecule has 0 aliphatic carbocycles. The number of nitrogens with one attached hydrogen (secondary N) is 2. The molecule has 3 N–H and O–H groups in total. The summed E-state index contributed by atoms with van der Waals surface area (Å²) in [7, 11) is 0. The Balaban J connectivity index is 2.80. The van der Waals surface area contributed by atoms with Gasteiger partial charge in [0, 0.05) is 4.47 Å². The highest BCUT2D eigenvalue weighted by molar-refractivity contribution is 9.10. The van der Waals surface area contributed by atoms with E-state index in [1.807, 2.05) is 19.9 Å². The van der Waals surface area contributed by atoms with Crippen molar-refractivity contribution in [1.82, 2.24) is 5.32 Å². The standard InChI is InChI=1S/C13H19BrN2O3/c1-8(2)19-12-5-4-10(14)6-11(12)16-13(18)15-9(3)7-17/h4-6,8-9,17H,7H2,1-3H3,(H2,15,16,18)/t9-/m0/s1. The topological polar surface area (TPSA) is 70.6 Å². The number of halogens is 1. The Labute approximate surface area is 121 Å². The molecular weight excluding hydrogens is 312 g/mol. The molecule has 1 aromatic carbocycles. The number of carbonyl (C=O) groups excluding carboxylic acids is 1. The number of rotatable bonds is 5. The van der Waals surface area contributed by atoms with Gasteiger partial charge in [-0.2, -0.15) is 0 Å². The van der Waals surface area contributed by atoms with E-state index in [0.717, 1.165) is 4.47 Å². The zero-order valence-corrected chi connectivity index (χ0v) is 12.8. The summed E-state index contributed by atoms with van der Waals surface area (Å²) in [5.74, 6) is 0.602. The predicted octanol–water partition coefficient (Wildman–Crippen LogP) is 2.74. The van der Waals surface area contributed by atoms with Crippen molar-refractivity contribution in [3.8, 4) is 5.75 Å². The third kappa shape index (κ3) is 5.48. The van der Waals surface area contributed by atoms with E-state index in [4.69, 9.17) is 9.84 Å². The number of urea groups is 1. The summed E-state index contributed by atoms with van der Waals surface area (Å²) in [6.45, 7) is 5.44. The first kappa shape index (κ1) is 15.8. The van der Waals surface area contributed by atoms with Crippen LogP contribution in [-0.2, 0) is 0 Å². The molecule has 2 amide bonds. The van der Waals surface area contributed by atoms with Gasteiger partial charge in [-0.15, -0.1) is 0 Å². The summed E-state index contributed by atoms with van der Waals surface area (Å²) in [5, 5.41) is 14.2. The second-order valence-electron chi connectivity index (χ2n) is 4.49. The molecule has 0 aliphatic heterocycles. The van der Waals surface area contributed by atoms with E-state index in [1.54, 1.807) is 19.1 Å². The molecule has 0 saturated carbocycles. The average molecular weight is 331 g/mol. The Hall–Kier alpha value is -1.27. The van der Waals surface area contributed by atoms with Crippen LogP contribution in [0.5, 0.6) is 5.75 Å². The van der Waals surface area contributed by atoms with Gasteiger partial charge in [-0.1, -0.05) is 15.9 Å². The molecular formula is C13H19BrN2O3. The molecule has 1 aromatic rings. The van der Waals surface area contributed by atoms with Crippen molar-refractivity contribution in [2.45, 2.75) is 32.9 Å². The van der Waals surface area contributed by atoms with Crippen LogP contribution in [0.3, 0.4) is 0 Å². The van der Waals surface area contributed by atoms with Gasteiger partial charge in [0.15, 0.2) is 0 Å². The molecule has 6 heteroatoms. The summed E-state index contributed by atoms with van der Waals surface area (Å²) in [4.78, 5) is 11.7. The summed E-state index contributed by atoms with van der Waals surface area (Å²) < 4.78 is 6.46. The van der Waals surface area contributed by atoms with Crippen LogP contribution in [0.1, 0.15) is 20.8 Å².